The Balaban J connectivity index is 0.00000241. The summed E-state index contributed by atoms with van der Waals surface area (Å²) in [4.78, 5) is 31.0. The molecule has 1 N–H and O–H groups in total. The van der Waals surface area contributed by atoms with Crippen LogP contribution in [0.25, 0.3) is 16.7 Å². The third-order valence-electron chi connectivity index (χ3n) is 6.66. The highest BCUT2D eigenvalue weighted by Gasteiger charge is 2.28. The molecule has 0 bridgehead atoms. The summed E-state index contributed by atoms with van der Waals surface area (Å²) in [5, 5.41) is 9.16. The Bertz CT molecular complexity index is 1490. The van der Waals surface area contributed by atoms with Gasteiger partial charge in [0.2, 0.25) is 5.65 Å². The van der Waals surface area contributed by atoms with Crippen molar-refractivity contribution in [1.82, 2.24) is 19.6 Å². The van der Waals surface area contributed by atoms with Crippen LogP contribution in [0.2, 0.25) is 5.02 Å². The molecule has 10 heteroatoms. The molecule has 1 saturated heterocycles. The van der Waals surface area contributed by atoms with Gasteiger partial charge in [0, 0.05) is 35.3 Å². The van der Waals surface area contributed by atoms with E-state index in [1.165, 1.54) is 0 Å². The van der Waals surface area contributed by atoms with Crippen LogP contribution in [0.15, 0.2) is 35.1 Å². The van der Waals surface area contributed by atoms with Crippen LogP contribution < -0.4 is 10.5 Å². The maximum absolute atomic E-state index is 13.5. The van der Waals surface area contributed by atoms with E-state index in [9.17, 15) is 9.59 Å². The average molecular weight is 500 g/mol. The van der Waals surface area contributed by atoms with E-state index in [4.69, 9.17) is 16.3 Å². The number of fused-ring (bicyclic) bond motifs is 4. The molecule has 2 aliphatic heterocycles. The van der Waals surface area contributed by atoms with E-state index in [1.54, 1.807) is 17.0 Å². The number of nitrogens with zero attached hydrogens (tertiary/aromatic N) is 4. The Morgan fingerprint density at radius 1 is 1.24 bits per heavy atom. The van der Waals surface area contributed by atoms with Crippen molar-refractivity contribution in [3.05, 3.63) is 68.2 Å². The quantitative estimate of drug-likeness (QED) is 0.449. The molecule has 1 fully saturated rings. The van der Waals surface area contributed by atoms with Crippen LogP contribution in [0.4, 0.5) is 5.69 Å². The second-order valence-corrected chi connectivity index (χ2v) is 9.19. The highest BCUT2D eigenvalue weighted by molar-refractivity contribution is 6.30. The Hall–Kier alpha value is -2.94. The predicted molar refractivity (Wildman–Crippen MR) is 133 cm³/mol. The first-order chi connectivity index (χ1) is 16.0. The second-order valence-electron chi connectivity index (χ2n) is 8.75. The topological polar surface area (TPSA) is 92.6 Å². The third kappa shape index (κ3) is 3.57. The zero-order chi connectivity index (χ0) is 22.7. The van der Waals surface area contributed by atoms with E-state index in [0.717, 1.165) is 54.0 Å². The van der Waals surface area contributed by atoms with Gasteiger partial charge < -0.3 is 14.6 Å². The van der Waals surface area contributed by atoms with Gasteiger partial charge in [-0.1, -0.05) is 11.6 Å². The van der Waals surface area contributed by atoms with Crippen molar-refractivity contribution < 1.29 is 9.53 Å². The lowest BCUT2D eigenvalue weighted by Crippen LogP contribution is -2.29. The van der Waals surface area contributed by atoms with Gasteiger partial charge >= 0.3 is 0 Å². The van der Waals surface area contributed by atoms with Crippen molar-refractivity contribution in [2.75, 3.05) is 24.7 Å². The standard InChI is InChI=1S/C24H22ClN5O3.ClH/c1-13-9-20-18(11-17(13)24(32)29-7-6-14-10-16(25)4-5-19(14)29)26-23(31)22-28-27-21(30(20)22)15-3-2-8-33-12-15;/h4-5,9-11,15H,2-3,6-8,12H2,1H3,(H,26,31);1H. The van der Waals surface area contributed by atoms with Crippen molar-refractivity contribution in [3.8, 4) is 0 Å². The molecule has 1 atom stereocenters. The predicted octanol–water partition coefficient (Wildman–Crippen LogP) is 4.05. The zero-order valence-electron chi connectivity index (χ0n) is 18.5. The summed E-state index contributed by atoms with van der Waals surface area (Å²) in [5.74, 6) is 0.707. The summed E-state index contributed by atoms with van der Waals surface area (Å²) < 4.78 is 7.46. The normalized spacial score (nSPS) is 17.7. The number of aryl methyl sites for hydroxylation is 1. The third-order valence-corrected chi connectivity index (χ3v) is 6.90. The second kappa shape index (κ2) is 8.69. The van der Waals surface area contributed by atoms with Crippen molar-refractivity contribution in [2.45, 2.75) is 32.1 Å². The molecule has 0 saturated carbocycles. The molecule has 8 nitrogen and oxygen atoms in total. The summed E-state index contributed by atoms with van der Waals surface area (Å²) in [7, 11) is 0. The minimum atomic E-state index is -0.332. The Labute approximate surface area is 206 Å². The highest BCUT2D eigenvalue weighted by atomic mass is 35.5. The molecular weight excluding hydrogens is 477 g/mol. The lowest BCUT2D eigenvalue weighted by Gasteiger charge is -2.21. The smallest absolute Gasteiger partial charge is 0.294 e. The van der Waals surface area contributed by atoms with Crippen LogP contribution in [0, 0.1) is 6.92 Å². The van der Waals surface area contributed by atoms with Gasteiger partial charge in [-0.3, -0.25) is 14.0 Å². The number of aromatic nitrogens is 4. The highest BCUT2D eigenvalue weighted by Crippen LogP contribution is 2.33. The van der Waals surface area contributed by atoms with Crippen molar-refractivity contribution in [2.24, 2.45) is 0 Å². The minimum absolute atomic E-state index is 0. The maximum atomic E-state index is 13.5. The number of hydrogen-bond donors (Lipinski definition) is 1. The van der Waals surface area contributed by atoms with Gasteiger partial charge in [-0.2, -0.15) is 0 Å². The van der Waals surface area contributed by atoms with Gasteiger partial charge in [0.05, 0.1) is 17.6 Å². The Morgan fingerprint density at radius 2 is 2.09 bits per heavy atom. The molecule has 6 rings (SSSR count). The molecule has 0 aliphatic carbocycles. The van der Waals surface area contributed by atoms with Crippen LogP contribution in [0.5, 0.6) is 0 Å². The van der Waals surface area contributed by atoms with E-state index in [-0.39, 0.29) is 35.4 Å². The molecular formula is C24H23Cl2N5O3. The van der Waals surface area contributed by atoms with E-state index >= 15 is 0 Å². The van der Waals surface area contributed by atoms with Gasteiger partial charge in [0.1, 0.15) is 5.82 Å². The number of amides is 1. The summed E-state index contributed by atoms with van der Waals surface area (Å²) in [5.41, 5.74) is 4.60. The Kier molecular flexibility index (Phi) is 5.83. The van der Waals surface area contributed by atoms with E-state index in [1.807, 2.05) is 29.5 Å². The van der Waals surface area contributed by atoms with Gasteiger partial charge in [-0.15, -0.1) is 22.6 Å². The number of benzene rings is 2. The van der Waals surface area contributed by atoms with Gasteiger partial charge in [0.15, 0.2) is 0 Å². The molecule has 176 valence electrons. The van der Waals surface area contributed by atoms with Crippen LogP contribution in [-0.4, -0.2) is 45.2 Å². The molecule has 2 aromatic carbocycles. The number of anilines is 1. The van der Waals surface area contributed by atoms with Crippen LogP contribution in [0.3, 0.4) is 0 Å². The largest absolute Gasteiger partial charge is 0.381 e. The van der Waals surface area contributed by atoms with Gasteiger partial charge in [-0.25, -0.2) is 0 Å². The van der Waals surface area contributed by atoms with E-state index in [2.05, 4.69) is 15.2 Å². The molecule has 0 radical (unpaired) electrons. The molecule has 4 aromatic rings. The Morgan fingerprint density at radius 3 is 2.88 bits per heavy atom. The zero-order valence-corrected chi connectivity index (χ0v) is 20.1. The summed E-state index contributed by atoms with van der Waals surface area (Å²) in [6, 6.07) is 9.30. The number of H-pyrrole nitrogens is 1. The number of aromatic amines is 1. The van der Waals surface area contributed by atoms with Crippen molar-refractivity contribution >= 4 is 52.3 Å². The number of ether oxygens (including phenoxy) is 1. The van der Waals surface area contributed by atoms with Crippen LogP contribution in [0.1, 0.15) is 46.1 Å². The SMILES string of the molecule is Cc1cc2c(cc1C(=O)N1CCc3cc(Cl)ccc31)[nH]c(=O)c1nnc(C3CCCOC3)n12.Cl. The molecule has 34 heavy (non-hydrogen) atoms. The molecule has 4 heterocycles. The maximum Gasteiger partial charge on any atom is 0.294 e. The molecule has 2 aliphatic rings. The lowest BCUT2D eigenvalue weighted by atomic mass is 10.0. The molecule has 1 amide bonds. The first kappa shape index (κ1) is 22.8. The summed E-state index contributed by atoms with van der Waals surface area (Å²) in [6.45, 7) is 3.81. The number of hydrogen-bond acceptors (Lipinski definition) is 5. The van der Waals surface area contributed by atoms with Gasteiger partial charge in [-0.05, 0) is 67.6 Å². The fourth-order valence-corrected chi connectivity index (χ4v) is 5.20. The van der Waals surface area contributed by atoms with Crippen LogP contribution >= 0.6 is 24.0 Å². The molecule has 2 aromatic heterocycles. The summed E-state index contributed by atoms with van der Waals surface area (Å²) >= 11 is 6.12. The fraction of sp³-hybridized carbons (Fsp3) is 0.333. The van der Waals surface area contributed by atoms with Crippen molar-refractivity contribution in [1.29, 1.82) is 0 Å². The monoisotopic (exact) mass is 499 g/mol. The number of nitrogens with one attached hydrogen (secondary N) is 1. The molecule has 1 unspecified atom stereocenters. The number of carbonyl (C=O) groups is 1. The number of rotatable bonds is 2. The van der Waals surface area contributed by atoms with E-state index in [0.29, 0.717) is 29.3 Å². The van der Waals surface area contributed by atoms with Gasteiger partial charge in [0.25, 0.3) is 11.5 Å². The lowest BCUT2D eigenvalue weighted by molar-refractivity contribution is 0.0778. The minimum Gasteiger partial charge on any atom is -0.381 e. The fourth-order valence-electron chi connectivity index (χ4n) is 5.00. The summed E-state index contributed by atoms with van der Waals surface area (Å²) in [6.07, 6.45) is 2.64. The first-order valence-corrected chi connectivity index (χ1v) is 11.5. The average Bonchev–Trinajstić information content (AvgIpc) is 3.44. The van der Waals surface area contributed by atoms with Crippen molar-refractivity contribution in [3.63, 3.8) is 0 Å². The number of carbonyl (C=O) groups excluding carboxylic acids is 1. The number of halogens is 2. The molecule has 0 spiro atoms. The van der Waals surface area contributed by atoms with Crippen LogP contribution in [-0.2, 0) is 11.2 Å². The first-order valence-electron chi connectivity index (χ1n) is 11.1. The van der Waals surface area contributed by atoms with E-state index < -0.39 is 0 Å².